The van der Waals surface area contributed by atoms with E-state index in [0.29, 0.717) is 5.69 Å². The Hall–Kier alpha value is -3.23. The maximum Gasteiger partial charge on any atom is 0.319 e. The van der Waals surface area contributed by atoms with Crippen LogP contribution in [0.5, 0.6) is 0 Å². The van der Waals surface area contributed by atoms with Crippen molar-refractivity contribution >= 4 is 29.2 Å². The fraction of sp³-hybridized carbons (Fsp3) is 0.421. The number of nitro groups is 1. The summed E-state index contributed by atoms with van der Waals surface area (Å²) in [6.07, 6.45) is 6.04. The van der Waals surface area contributed by atoms with Crippen molar-refractivity contribution in [2.24, 2.45) is 23.7 Å². The van der Waals surface area contributed by atoms with Gasteiger partial charge in [0.05, 0.1) is 16.8 Å². The summed E-state index contributed by atoms with van der Waals surface area (Å²) < 4.78 is 0. The molecule has 2 N–H and O–H groups in total. The number of non-ortho nitro benzene ring substituents is 1. The summed E-state index contributed by atoms with van der Waals surface area (Å²) in [4.78, 5) is 48.7. The number of hydrogen-bond donors (Lipinski definition) is 2. The summed E-state index contributed by atoms with van der Waals surface area (Å²) in [5.74, 6) is -0.460. The number of hydrogen-bond acceptors (Lipinski definition) is 5. The molecule has 146 valence electrons. The number of carbonyl (C=O) groups is 3. The van der Waals surface area contributed by atoms with Gasteiger partial charge >= 0.3 is 6.03 Å². The molecule has 5 rings (SSSR count). The van der Waals surface area contributed by atoms with Crippen molar-refractivity contribution in [3.63, 3.8) is 0 Å². The monoisotopic (exact) mass is 384 g/mol. The molecule has 4 amide bonds. The Kier molecular flexibility index (Phi) is 4.58. The van der Waals surface area contributed by atoms with Crippen molar-refractivity contribution in [1.82, 2.24) is 10.2 Å². The minimum Gasteiger partial charge on any atom is -0.336 e. The summed E-state index contributed by atoms with van der Waals surface area (Å²) in [5, 5.41) is 15.8. The van der Waals surface area contributed by atoms with Gasteiger partial charge in [-0.25, -0.2) is 4.79 Å². The Morgan fingerprint density at radius 3 is 2.14 bits per heavy atom. The van der Waals surface area contributed by atoms with E-state index in [0.717, 1.165) is 12.8 Å². The van der Waals surface area contributed by atoms with Crippen LogP contribution in [-0.4, -0.2) is 40.8 Å². The summed E-state index contributed by atoms with van der Waals surface area (Å²) in [5.41, 5.74) is 0.340. The maximum atomic E-state index is 12.7. The van der Waals surface area contributed by atoms with Crippen LogP contribution in [0.1, 0.15) is 12.8 Å². The second kappa shape index (κ2) is 7.06. The van der Waals surface area contributed by atoms with Crippen LogP contribution in [0, 0.1) is 33.8 Å². The van der Waals surface area contributed by atoms with Crippen LogP contribution in [0.25, 0.3) is 0 Å². The van der Waals surface area contributed by atoms with E-state index in [1.165, 1.54) is 29.2 Å². The highest BCUT2D eigenvalue weighted by atomic mass is 16.6. The summed E-state index contributed by atoms with van der Waals surface area (Å²) in [7, 11) is 0. The molecule has 0 radical (unpaired) electrons. The number of anilines is 1. The zero-order valence-corrected chi connectivity index (χ0v) is 15.0. The minimum absolute atomic E-state index is 0.0676. The van der Waals surface area contributed by atoms with Gasteiger partial charge in [-0.2, -0.15) is 0 Å². The van der Waals surface area contributed by atoms with Crippen LogP contribution < -0.4 is 10.6 Å². The lowest BCUT2D eigenvalue weighted by molar-refractivity contribution is -0.384. The first-order chi connectivity index (χ1) is 13.5. The maximum absolute atomic E-state index is 12.7. The Morgan fingerprint density at radius 1 is 1.07 bits per heavy atom. The molecule has 4 atom stereocenters. The smallest absolute Gasteiger partial charge is 0.319 e. The van der Waals surface area contributed by atoms with Gasteiger partial charge in [0.1, 0.15) is 0 Å². The van der Waals surface area contributed by atoms with E-state index >= 15 is 0 Å². The van der Waals surface area contributed by atoms with E-state index < -0.39 is 11.0 Å². The van der Waals surface area contributed by atoms with Gasteiger partial charge in [-0.15, -0.1) is 0 Å². The fourth-order valence-electron chi connectivity index (χ4n) is 4.48. The molecule has 28 heavy (non-hydrogen) atoms. The molecule has 0 aromatic heterocycles. The van der Waals surface area contributed by atoms with Crippen LogP contribution in [-0.2, 0) is 9.59 Å². The average molecular weight is 384 g/mol. The van der Waals surface area contributed by atoms with Crippen LogP contribution in [0.4, 0.5) is 16.2 Å². The highest BCUT2D eigenvalue weighted by Crippen LogP contribution is 2.49. The van der Waals surface area contributed by atoms with Gasteiger partial charge in [0, 0.05) is 30.9 Å². The molecular weight excluding hydrogens is 364 g/mol. The predicted octanol–water partition coefficient (Wildman–Crippen LogP) is 1.91. The van der Waals surface area contributed by atoms with Crippen LogP contribution in [0.3, 0.4) is 0 Å². The quantitative estimate of drug-likeness (QED) is 0.348. The number of imide groups is 1. The molecule has 1 aromatic rings. The molecular formula is C19H20N4O5. The van der Waals surface area contributed by atoms with E-state index in [-0.39, 0.29) is 54.3 Å². The number of nitrogens with zero attached hydrogens (tertiary/aromatic N) is 2. The molecule has 0 unspecified atom stereocenters. The third-order valence-corrected chi connectivity index (χ3v) is 5.81. The number of urea groups is 1. The number of benzene rings is 1. The lowest BCUT2D eigenvalue weighted by Gasteiger charge is -2.38. The third kappa shape index (κ3) is 3.12. The molecule has 2 fully saturated rings. The number of carbonyl (C=O) groups excluding carboxylic acids is 3. The molecule has 9 heteroatoms. The summed E-state index contributed by atoms with van der Waals surface area (Å²) in [6.45, 7) is 0.274. The average Bonchev–Trinajstić information content (AvgIpc) is 2.96. The Labute approximate surface area is 160 Å². The first-order valence-electron chi connectivity index (χ1n) is 9.28. The molecule has 3 aliphatic carbocycles. The molecule has 1 aliphatic heterocycles. The predicted molar refractivity (Wildman–Crippen MR) is 99.2 cm³/mol. The van der Waals surface area contributed by atoms with Gasteiger partial charge in [0.2, 0.25) is 11.8 Å². The zero-order chi connectivity index (χ0) is 19.8. The first kappa shape index (κ1) is 18.1. The molecule has 1 saturated carbocycles. The number of fused-ring (bicyclic) bond motifs is 1. The largest absolute Gasteiger partial charge is 0.336 e. The Morgan fingerprint density at radius 2 is 1.64 bits per heavy atom. The molecule has 1 heterocycles. The van der Waals surface area contributed by atoms with E-state index in [9.17, 15) is 24.5 Å². The number of likely N-dealkylation sites (tertiary alicyclic amines) is 1. The SMILES string of the molecule is O=C(NCCN1C(=O)[C@@H]2[C@H](C1=O)[C@H]1C=C[C@H]2CC1)Nc1ccc([N+](=O)[O-])cc1. The van der Waals surface area contributed by atoms with Gasteiger partial charge in [0.25, 0.3) is 5.69 Å². The van der Waals surface area contributed by atoms with Gasteiger partial charge in [-0.3, -0.25) is 24.6 Å². The van der Waals surface area contributed by atoms with Crippen LogP contribution in [0.15, 0.2) is 36.4 Å². The highest BCUT2D eigenvalue weighted by molar-refractivity contribution is 6.06. The van der Waals surface area contributed by atoms with E-state index in [1.54, 1.807) is 0 Å². The second-order valence-corrected chi connectivity index (χ2v) is 7.35. The second-order valence-electron chi connectivity index (χ2n) is 7.35. The number of amides is 4. The van der Waals surface area contributed by atoms with Gasteiger partial charge in [-0.05, 0) is 36.8 Å². The van der Waals surface area contributed by atoms with Gasteiger partial charge in [-0.1, -0.05) is 12.2 Å². The lowest BCUT2D eigenvalue weighted by atomic mass is 9.63. The van der Waals surface area contributed by atoms with E-state index in [4.69, 9.17) is 0 Å². The third-order valence-electron chi connectivity index (χ3n) is 5.81. The van der Waals surface area contributed by atoms with Gasteiger partial charge in [0.15, 0.2) is 0 Å². The zero-order valence-electron chi connectivity index (χ0n) is 15.0. The number of allylic oxidation sites excluding steroid dienone is 2. The van der Waals surface area contributed by atoms with E-state index in [1.807, 2.05) is 0 Å². The van der Waals surface area contributed by atoms with Crippen molar-refractivity contribution < 1.29 is 19.3 Å². The van der Waals surface area contributed by atoms with Crippen molar-refractivity contribution in [1.29, 1.82) is 0 Å². The molecule has 0 spiro atoms. The molecule has 2 bridgehead atoms. The van der Waals surface area contributed by atoms with E-state index in [2.05, 4.69) is 22.8 Å². The molecule has 1 aromatic carbocycles. The molecule has 4 aliphatic rings. The fourth-order valence-corrected chi connectivity index (χ4v) is 4.48. The van der Waals surface area contributed by atoms with Crippen molar-refractivity contribution in [3.8, 4) is 0 Å². The molecule has 9 nitrogen and oxygen atoms in total. The minimum atomic E-state index is -0.521. The number of nitro benzene ring substituents is 1. The number of rotatable bonds is 5. The highest BCUT2D eigenvalue weighted by Gasteiger charge is 2.56. The standard InChI is InChI=1S/C19H20N4O5/c24-17-15-11-1-2-12(4-3-11)16(15)18(25)22(17)10-9-20-19(26)21-13-5-7-14(8-6-13)23(27)28/h1-2,5-8,11-12,15-16H,3-4,9-10H2,(H2,20,21,26)/t11-,12-,15-,16+/m0/s1. The molecule has 1 saturated heterocycles. The number of nitrogens with one attached hydrogen (secondary N) is 2. The lowest BCUT2D eigenvalue weighted by Crippen LogP contribution is -2.40. The summed E-state index contributed by atoms with van der Waals surface area (Å²) in [6, 6.07) is 4.94. The Bertz CT molecular complexity index is 834. The van der Waals surface area contributed by atoms with Gasteiger partial charge < -0.3 is 10.6 Å². The summed E-state index contributed by atoms with van der Waals surface area (Å²) >= 11 is 0. The normalized spacial score (nSPS) is 27.6. The van der Waals surface area contributed by atoms with Crippen molar-refractivity contribution in [2.45, 2.75) is 12.8 Å². The van der Waals surface area contributed by atoms with Crippen LogP contribution in [0.2, 0.25) is 0 Å². The van der Waals surface area contributed by atoms with Crippen LogP contribution >= 0.6 is 0 Å². The van der Waals surface area contributed by atoms with Crippen molar-refractivity contribution in [3.05, 3.63) is 46.5 Å². The topological polar surface area (TPSA) is 122 Å². The Balaban J connectivity index is 1.29. The van der Waals surface area contributed by atoms with Crippen molar-refractivity contribution in [2.75, 3.05) is 18.4 Å². The first-order valence-corrected chi connectivity index (χ1v) is 9.28.